The SMILES string of the molecule is CCC12CCC(C3SCCCS3)(CC1)OC2. The van der Waals surface area contributed by atoms with E-state index < -0.39 is 0 Å². The number of ether oxygens (including phenoxy) is 1. The highest BCUT2D eigenvalue weighted by Crippen LogP contribution is 2.56. The average molecular weight is 258 g/mol. The molecular weight excluding hydrogens is 236 g/mol. The van der Waals surface area contributed by atoms with Crippen LogP contribution in [0.4, 0.5) is 0 Å². The van der Waals surface area contributed by atoms with Crippen LogP contribution in [0.25, 0.3) is 0 Å². The molecule has 1 saturated carbocycles. The molecule has 3 aliphatic heterocycles. The molecule has 4 rings (SSSR count). The first-order chi connectivity index (χ1) is 7.79. The van der Waals surface area contributed by atoms with E-state index in [1.54, 1.807) is 0 Å². The van der Waals surface area contributed by atoms with Crippen LogP contribution in [0.3, 0.4) is 0 Å². The van der Waals surface area contributed by atoms with Crippen LogP contribution >= 0.6 is 23.5 Å². The molecule has 16 heavy (non-hydrogen) atoms. The summed E-state index contributed by atoms with van der Waals surface area (Å²) in [4.78, 5) is 0. The third-order valence-corrected chi connectivity index (χ3v) is 8.16. The van der Waals surface area contributed by atoms with Gasteiger partial charge >= 0.3 is 0 Å². The fourth-order valence-corrected chi connectivity index (χ4v) is 6.75. The van der Waals surface area contributed by atoms with Gasteiger partial charge < -0.3 is 4.74 Å². The molecule has 4 aliphatic rings. The van der Waals surface area contributed by atoms with Crippen molar-refractivity contribution in [2.24, 2.45) is 5.41 Å². The van der Waals surface area contributed by atoms with Crippen molar-refractivity contribution in [3.8, 4) is 0 Å². The summed E-state index contributed by atoms with van der Waals surface area (Å²) in [5.74, 6) is 2.70. The Bertz CT molecular complexity index is 236. The van der Waals surface area contributed by atoms with Gasteiger partial charge in [0.25, 0.3) is 0 Å². The fraction of sp³-hybridized carbons (Fsp3) is 1.00. The third kappa shape index (κ3) is 1.83. The van der Waals surface area contributed by atoms with E-state index in [0.29, 0.717) is 5.41 Å². The van der Waals surface area contributed by atoms with Crippen molar-refractivity contribution in [2.45, 2.75) is 55.6 Å². The summed E-state index contributed by atoms with van der Waals surface area (Å²) in [7, 11) is 0. The molecule has 4 fully saturated rings. The monoisotopic (exact) mass is 258 g/mol. The second-order valence-corrected chi connectivity index (χ2v) is 8.36. The molecule has 0 aromatic rings. The van der Waals surface area contributed by atoms with Crippen molar-refractivity contribution in [2.75, 3.05) is 18.1 Å². The van der Waals surface area contributed by atoms with Gasteiger partial charge in [-0.1, -0.05) is 6.92 Å². The summed E-state index contributed by atoms with van der Waals surface area (Å²) in [6.07, 6.45) is 8.19. The molecule has 0 aromatic carbocycles. The maximum atomic E-state index is 6.36. The molecule has 0 amide bonds. The van der Waals surface area contributed by atoms with Crippen LogP contribution in [0, 0.1) is 5.41 Å². The van der Waals surface area contributed by atoms with Crippen LogP contribution in [0.15, 0.2) is 0 Å². The quantitative estimate of drug-likeness (QED) is 0.743. The Balaban J connectivity index is 1.72. The van der Waals surface area contributed by atoms with Gasteiger partial charge in [0.2, 0.25) is 0 Å². The van der Waals surface area contributed by atoms with Gasteiger partial charge in [-0.15, -0.1) is 23.5 Å². The average Bonchev–Trinajstić information content (AvgIpc) is 2.42. The summed E-state index contributed by atoms with van der Waals surface area (Å²) in [5.41, 5.74) is 0.818. The van der Waals surface area contributed by atoms with E-state index in [1.807, 2.05) is 0 Å². The standard InChI is InChI=1S/C13H22OS2/c1-2-12-4-6-13(7-5-12,14-10-12)11-15-8-3-9-16-11/h11H,2-10H2,1H3. The first kappa shape index (κ1) is 11.7. The van der Waals surface area contributed by atoms with E-state index in [0.717, 1.165) is 11.2 Å². The lowest BCUT2D eigenvalue weighted by molar-refractivity contribution is -0.175. The minimum absolute atomic E-state index is 0.257. The Morgan fingerprint density at radius 2 is 1.81 bits per heavy atom. The van der Waals surface area contributed by atoms with Gasteiger partial charge in [-0.2, -0.15) is 0 Å². The maximum absolute atomic E-state index is 6.36. The lowest BCUT2D eigenvalue weighted by Crippen LogP contribution is -2.55. The Labute approximate surface area is 107 Å². The molecule has 0 aromatic heterocycles. The summed E-state index contributed by atoms with van der Waals surface area (Å²) in [6.45, 7) is 3.38. The Hall–Kier alpha value is 0.660. The highest BCUT2D eigenvalue weighted by atomic mass is 32.2. The maximum Gasteiger partial charge on any atom is 0.0892 e. The molecule has 1 aliphatic carbocycles. The summed E-state index contributed by atoms with van der Waals surface area (Å²) in [5, 5.41) is 0. The molecule has 0 N–H and O–H groups in total. The highest BCUT2D eigenvalue weighted by molar-refractivity contribution is 8.17. The van der Waals surface area contributed by atoms with Gasteiger partial charge in [0.1, 0.15) is 0 Å². The fourth-order valence-electron chi connectivity index (χ4n) is 3.34. The van der Waals surface area contributed by atoms with Gasteiger partial charge in [0.15, 0.2) is 0 Å². The van der Waals surface area contributed by atoms with Gasteiger partial charge in [-0.25, -0.2) is 0 Å². The zero-order valence-corrected chi connectivity index (χ0v) is 11.8. The van der Waals surface area contributed by atoms with Gasteiger partial charge in [0, 0.05) is 0 Å². The molecule has 3 heterocycles. The first-order valence-corrected chi connectivity index (χ1v) is 8.76. The highest BCUT2D eigenvalue weighted by Gasteiger charge is 2.53. The molecule has 0 radical (unpaired) electrons. The van der Waals surface area contributed by atoms with E-state index in [-0.39, 0.29) is 5.60 Å². The summed E-state index contributed by atoms with van der Waals surface area (Å²) < 4.78 is 7.09. The molecule has 3 heteroatoms. The van der Waals surface area contributed by atoms with Crippen molar-refractivity contribution in [3.63, 3.8) is 0 Å². The van der Waals surface area contributed by atoms with E-state index in [9.17, 15) is 0 Å². The molecule has 0 atom stereocenters. The number of fused-ring (bicyclic) bond motifs is 3. The van der Waals surface area contributed by atoms with Crippen LogP contribution in [0.2, 0.25) is 0 Å². The van der Waals surface area contributed by atoms with E-state index in [1.165, 1.54) is 50.0 Å². The topological polar surface area (TPSA) is 9.23 Å². The van der Waals surface area contributed by atoms with Crippen LogP contribution in [-0.2, 0) is 4.74 Å². The van der Waals surface area contributed by atoms with Gasteiger partial charge in [-0.05, 0) is 55.4 Å². The number of hydrogen-bond acceptors (Lipinski definition) is 3. The second kappa shape index (κ2) is 4.40. The molecule has 1 nitrogen and oxygen atoms in total. The number of hydrogen-bond donors (Lipinski definition) is 0. The van der Waals surface area contributed by atoms with Crippen molar-refractivity contribution >= 4 is 23.5 Å². The molecule has 0 spiro atoms. The predicted molar refractivity (Wildman–Crippen MR) is 73.2 cm³/mol. The molecule has 3 saturated heterocycles. The van der Waals surface area contributed by atoms with Crippen molar-refractivity contribution in [3.05, 3.63) is 0 Å². The summed E-state index contributed by atoms with van der Waals surface area (Å²) in [6, 6.07) is 0. The summed E-state index contributed by atoms with van der Waals surface area (Å²) >= 11 is 4.32. The lowest BCUT2D eigenvalue weighted by atomic mass is 9.65. The van der Waals surface area contributed by atoms with Gasteiger partial charge in [0.05, 0.1) is 16.8 Å². The Morgan fingerprint density at radius 3 is 2.31 bits per heavy atom. The van der Waals surface area contributed by atoms with Crippen molar-refractivity contribution in [1.29, 1.82) is 0 Å². The lowest BCUT2D eigenvalue weighted by Gasteiger charge is -2.56. The van der Waals surface area contributed by atoms with E-state index >= 15 is 0 Å². The van der Waals surface area contributed by atoms with Gasteiger partial charge in [-0.3, -0.25) is 0 Å². The van der Waals surface area contributed by atoms with E-state index in [4.69, 9.17) is 4.74 Å². The van der Waals surface area contributed by atoms with Crippen LogP contribution in [0.1, 0.15) is 45.4 Å². The zero-order valence-electron chi connectivity index (χ0n) is 10.2. The van der Waals surface area contributed by atoms with Crippen LogP contribution < -0.4 is 0 Å². The first-order valence-electron chi connectivity index (χ1n) is 6.66. The third-order valence-electron chi connectivity index (χ3n) is 4.83. The normalized spacial score (nSPS) is 44.8. The van der Waals surface area contributed by atoms with Crippen LogP contribution in [0.5, 0.6) is 0 Å². The second-order valence-electron chi connectivity index (χ2n) is 5.63. The molecular formula is C13H22OS2. The largest absolute Gasteiger partial charge is 0.372 e. The molecule has 0 unspecified atom stereocenters. The van der Waals surface area contributed by atoms with Crippen molar-refractivity contribution < 1.29 is 4.74 Å². The smallest absolute Gasteiger partial charge is 0.0892 e. The van der Waals surface area contributed by atoms with Crippen LogP contribution in [-0.4, -0.2) is 28.3 Å². The Morgan fingerprint density at radius 1 is 1.12 bits per heavy atom. The predicted octanol–water partition coefficient (Wildman–Crippen LogP) is 3.92. The minimum Gasteiger partial charge on any atom is -0.372 e. The molecule has 92 valence electrons. The Kier molecular flexibility index (Phi) is 3.23. The van der Waals surface area contributed by atoms with E-state index in [2.05, 4.69) is 30.4 Å². The number of thioether (sulfide) groups is 2. The van der Waals surface area contributed by atoms with Crippen molar-refractivity contribution in [1.82, 2.24) is 0 Å². The number of rotatable bonds is 2. The molecule has 2 bridgehead atoms. The zero-order chi connectivity index (χ0) is 11.1. The minimum atomic E-state index is 0.257.